The smallest absolute Gasteiger partial charge is 0.165 e. The van der Waals surface area contributed by atoms with Crippen LogP contribution in [0.15, 0.2) is 18.2 Å². The summed E-state index contributed by atoms with van der Waals surface area (Å²) in [6.07, 6.45) is 3.58. The van der Waals surface area contributed by atoms with Crippen molar-refractivity contribution in [3.05, 3.63) is 29.6 Å². The third-order valence-corrected chi connectivity index (χ3v) is 2.43. The number of aryl methyl sites for hydroxylation is 1. The second-order valence-corrected chi connectivity index (χ2v) is 3.60. The molecule has 0 spiro atoms. The van der Waals surface area contributed by atoms with Gasteiger partial charge in [0.2, 0.25) is 0 Å². The van der Waals surface area contributed by atoms with Crippen molar-refractivity contribution in [2.75, 3.05) is 0 Å². The first kappa shape index (κ1) is 8.54. The van der Waals surface area contributed by atoms with Crippen molar-refractivity contribution in [3.63, 3.8) is 0 Å². The lowest BCUT2D eigenvalue weighted by Gasteiger charge is -2.26. The summed E-state index contributed by atoms with van der Waals surface area (Å²) in [5.74, 6) is 0.155. The summed E-state index contributed by atoms with van der Waals surface area (Å²) < 4.78 is 18.7. The number of benzene rings is 1. The van der Waals surface area contributed by atoms with Gasteiger partial charge < -0.3 is 4.74 Å². The van der Waals surface area contributed by atoms with Gasteiger partial charge >= 0.3 is 0 Å². The number of halogens is 1. The molecule has 0 aliphatic heterocycles. The third-order valence-electron chi connectivity index (χ3n) is 2.43. The highest BCUT2D eigenvalue weighted by molar-refractivity contribution is 5.28. The summed E-state index contributed by atoms with van der Waals surface area (Å²) in [5, 5.41) is 0. The van der Waals surface area contributed by atoms with Crippen molar-refractivity contribution in [2.24, 2.45) is 0 Å². The number of hydrogen-bond donors (Lipinski definition) is 0. The molecule has 1 saturated carbocycles. The van der Waals surface area contributed by atoms with Crippen LogP contribution in [0.2, 0.25) is 0 Å². The lowest BCUT2D eigenvalue weighted by atomic mass is 9.96. The topological polar surface area (TPSA) is 9.23 Å². The fourth-order valence-electron chi connectivity index (χ4n) is 1.37. The van der Waals surface area contributed by atoms with Gasteiger partial charge in [-0.25, -0.2) is 4.39 Å². The third kappa shape index (κ3) is 1.82. The number of rotatable bonds is 2. The fourth-order valence-corrected chi connectivity index (χ4v) is 1.37. The summed E-state index contributed by atoms with van der Waals surface area (Å²) in [6.45, 7) is 1.87. The van der Waals surface area contributed by atoms with Crippen LogP contribution in [0.5, 0.6) is 5.75 Å². The minimum absolute atomic E-state index is 0.244. The van der Waals surface area contributed by atoms with Crippen molar-refractivity contribution >= 4 is 0 Å². The van der Waals surface area contributed by atoms with Crippen molar-refractivity contribution in [1.29, 1.82) is 0 Å². The second kappa shape index (κ2) is 3.36. The minimum atomic E-state index is -0.244. The molecule has 1 aliphatic carbocycles. The van der Waals surface area contributed by atoms with E-state index < -0.39 is 0 Å². The summed E-state index contributed by atoms with van der Waals surface area (Å²) in [4.78, 5) is 0. The van der Waals surface area contributed by atoms with Gasteiger partial charge in [-0.3, -0.25) is 0 Å². The highest BCUT2D eigenvalue weighted by atomic mass is 19.1. The summed E-state index contributed by atoms with van der Waals surface area (Å²) in [5.41, 5.74) is 0.929. The number of ether oxygens (including phenoxy) is 1. The molecule has 1 nitrogen and oxygen atoms in total. The van der Waals surface area contributed by atoms with Crippen LogP contribution < -0.4 is 4.74 Å². The van der Waals surface area contributed by atoms with Crippen LogP contribution in [0.4, 0.5) is 4.39 Å². The first-order valence-electron chi connectivity index (χ1n) is 4.68. The Morgan fingerprint density at radius 2 is 2.15 bits per heavy atom. The van der Waals surface area contributed by atoms with Crippen LogP contribution in [-0.4, -0.2) is 6.10 Å². The van der Waals surface area contributed by atoms with Gasteiger partial charge in [0.1, 0.15) is 0 Å². The normalized spacial score (nSPS) is 16.8. The zero-order chi connectivity index (χ0) is 9.26. The molecule has 0 heterocycles. The highest BCUT2D eigenvalue weighted by Gasteiger charge is 2.20. The van der Waals surface area contributed by atoms with Crippen LogP contribution >= 0.6 is 0 Å². The standard InChI is InChI=1S/C11H13FO/c1-8-5-6-11(10(12)7-8)13-9-3-2-4-9/h5-7,9H,2-4H2,1H3. The Bertz CT molecular complexity index is 305. The largest absolute Gasteiger partial charge is 0.487 e. The average Bonchev–Trinajstić information content (AvgIpc) is 1.99. The molecule has 70 valence electrons. The molecule has 0 amide bonds. The van der Waals surface area contributed by atoms with Crippen LogP contribution in [0.25, 0.3) is 0 Å². The van der Waals surface area contributed by atoms with E-state index in [1.54, 1.807) is 6.07 Å². The first-order valence-corrected chi connectivity index (χ1v) is 4.68. The predicted octanol–water partition coefficient (Wildman–Crippen LogP) is 3.07. The van der Waals surface area contributed by atoms with E-state index >= 15 is 0 Å². The van der Waals surface area contributed by atoms with E-state index in [2.05, 4.69) is 0 Å². The Hall–Kier alpha value is -1.05. The maximum atomic E-state index is 13.2. The molecule has 2 heteroatoms. The molecular formula is C11H13FO. The molecule has 2 rings (SSSR count). The highest BCUT2D eigenvalue weighted by Crippen LogP contribution is 2.27. The van der Waals surface area contributed by atoms with Gasteiger partial charge in [0.25, 0.3) is 0 Å². The Labute approximate surface area is 77.5 Å². The molecule has 0 atom stereocenters. The molecule has 1 aliphatic rings. The molecule has 0 saturated heterocycles. The molecule has 1 aromatic carbocycles. The molecular weight excluding hydrogens is 167 g/mol. The summed E-state index contributed by atoms with van der Waals surface area (Å²) in [7, 11) is 0. The Kier molecular flexibility index (Phi) is 2.21. The molecule has 0 bridgehead atoms. The van der Waals surface area contributed by atoms with E-state index in [1.165, 1.54) is 12.5 Å². The molecule has 0 unspecified atom stereocenters. The zero-order valence-corrected chi connectivity index (χ0v) is 7.72. The van der Waals surface area contributed by atoms with Crippen LogP contribution in [-0.2, 0) is 0 Å². The SMILES string of the molecule is Cc1ccc(OC2CCC2)c(F)c1. The Morgan fingerprint density at radius 1 is 1.38 bits per heavy atom. The van der Waals surface area contributed by atoms with E-state index in [1.807, 2.05) is 13.0 Å². The van der Waals surface area contributed by atoms with Gasteiger partial charge in [-0.15, -0.1) is 0 Å². The molecule has 0 aromatic heterocycles. The van der Waals surface area contributed by atoms with Gasteiger partial charge in [0, 0.05) is 0 Å². The second-order valence-electron chi connectivity index (χ2n) is 3.60. The minimum Gasteiger partial charge on any atom is -0.487 e. The van der Waals surface area contributed by atoms with Crippen molar-refractivity contribution in [1.82, 2.24) is 0 Å². The van der Waals surface area contributed by atoms with Gasteiger partial charge in [-0.1, -0.05) is 6.07 Å². The van der Waals surface area contributed by atoms with Gasteiger partial charge in [-0.2, -0.15) is 0 Å². The van der Waals surface area contributed by atoms with Gasteiger partial charge in [0.05, 0.1) is 6.10 Å². The monoisotopic (exact) mass is 180 g/mol. The van der Waals surface area contributed by atoms with Crippen LogP contribution in [0, 0.1) is 12.7 Å². The summed E-state index contributed by atoms with van der Waals surface area (Å²) in [6, 6.07) is 5.09. The molecule has 0 radical (unpaired) electrons. The fraction of sp³-hybridized carbons (Fsp3) is 0.455. The molecule has 1 fully saturated rings. The zero-order valence-electron chi connectivity index (χ0n) is 7.72. The van der Waals surface area contributed by atoms with E-state index in [0.717, 1.165) is 18.4 Å². The van der Waals surface area contributed by atoms with Crippen molar-refractivity contribution < 1.29 is 9.13 Å². The summed E-state index contributed by atoms with van der Waals surface area (Å²) >= 11 is 0. The van der Waals surface area contributed by atoms with Crippen LogP contribution in [0.3, 0.4) is 0 Å². The van der Waals surface area contributed by atoms with Crippen LogP contribution in [0.1, 0.15) is 24.8 Å². The van der Waals surface area contributed by atoms with Gasteiger partial charge in [0.15, 0.2) is 11.6 Å². The average molecular weight is 180 g/mol. The molecule has 0 N–H and O–H groups in total. The van der Waals surface area contributed by atoms with Crippen molar-refractivity contribution in [2.45, 2.75) is 32.3 Å². The molecule has 13 heavy (non-hydrogen) atoms. The van der Waals surface area contributed by atoms with E-state index in [0.29, 0.717) is 5.75 Å². The van der Waals surface area contributed by atoms with E-state index in [-0.39, 0.29) is 11.9 Å². The molecule has 1 aromatic rings. The Balaban J connectivity index is 2.10. The van der Waals surface area contributed by atoms with Crippen molar-refractivity contribution in [3.8, 4) is 5.75 Å². The lowest BCUT2D eigenvalue weighted by Crippen LogP contribution is -2.24. The Morgan fingerprint density at radius 3 is 2.69 bits per heavy atom. The maximum Gasteiger partial charge on any atom is 0.165 e. The first-order chi connectivity index (χ1) is 6.25. The predicted molar refractivity (Wildman–Crippen MR) is 49.4 cm³/mol. The van der Waals surface area contributed by atoms with E-state index in [4.69, 9.17) is 4.74 Å². The van der Waals surface area contributed by atoms with Gasteiger partial charge in [-0.05, 0) is 43.9 Å². The van der Waals surface area contributed by atoms with E-state index in [9.17, 15) is 4.39 Å². The maximum absolute atomic E-state index is 13.2. The quantitative estimate of drug-likeness (QED) is 0.679. The number of hydrogen-bond acceptors (Lipinski definition) is 1. The lowest BCUT2D eigenvalue weighted by molar-refractivity contribution is 0.115.